The lowest BCUT2D eigenvalue weighted by Gasteiger charge is -2.33. The largest absolute Gasteiger partial charge is 0.317 e. The summed E-state index contributed by atoms with van der Waals surface area (Å²) < 4.78 is 0. The highest BCUT2D eigenvalue weighted by Crippen LogP contribution is 2.42. The molecule has 2 aliphatic rings. The quantitative estimate of drug-likeness (QED) is 0.897. The zero-order valence-corrected chi connectivity index (χ0v) is 13.6. The van der Waals surface area contributed by atoms with Crippen LogP contribution < -0.4 is 10.6 Å². The molecule has 116 valence electrons. The molecule has 1 aromatic heterocycles. The Kier molecular flexibility index (Phi) is 4.28. The van der Waals surface area contributed by atoms with Crippen LogP contribution >= 0.6 is 11.3 Å². The van der Waals surface area contributed by atoms with E-state index in [-0.39, 0.29) is 5.91 Å². The summed E-state index contributed by atoms with van der Waals surface area (Å²) in [5.74, 6) is -0.0564. The summed E-state index contributed by atoms with van der Waals surface area (Å²) in [6.07, 6.45) is 3.89. The lowest BCUT2D eigenvalue weighted by molar-refractivity contribution is -0.114. The van der Waals surface area contributed by atoms with Gasteiger partial charge in [-0.2, -0.15) is 0 Å². The fraction of sp³-hybridized carbons (Fsp3) is 0.733. The monoisotopic (exact) mass is 308 g/mol. The van der Waals surface area contributed by atoms with Gasteiger partial charge < -0.3 is 10.6 Å². The van der Waals surface area contributed by atoms with E-state index >= 15 is 0 Å². The number of carbonyl (C=O) groups excluding carboxylic acids is 1. The van der Waals surface area contributed by atoms with Crippen molar-refractivity contribution in [2.75, 3.05) is 25.0 Å². The zero-order valence-electron chi connectivity index (χ0n) is 12.8. The van der Waals surface area contributed by atoms with E-state index < -0.39 is 0 Å². The van der Waals surface area contributed by atoms with Crippen LogP contribution in [-0.2, 0) is 11.3 Å². The number of aromatic nitrogens is 1. The highest BCUT2D eigenvalue weighted by Gasteiger charge is 2.42. The summed E-state index contributed by atoms with van der Waals surface area (Å²) in [5, 5.41) is 9.00. The molecular weight excluding hydrogens is 284 g/mol. The third-order valence-corrected chi connectivity index (χ3v) is 5.56. The van der Waals surface area contributed by atoms with E-state index in [0.29, 0.717) is 16.6 Å². The Morgan fingerprint density at radius 1 is 1.57 bits per heavy atom. The predicted octanol–water partition coefficient (Wildman–Crippen LogP) is 2.07. The summed E-state index contributed by atoms with van der Waals surface area (Å²) in [6, 6.07) is 0.619. The summed E-state index contributed by atoms with van der Waals surface area (Å²) >= 11 is 1.51. The molecule has 1 amide bonds. The normalized spacial score (nSPS) is 25.3. The molecule has 2 N–H and O–H groups in total. The van der Waals surface area contributed by atoms with Gasteiger partial charge >= 0.3 is 0 Å². The van der Waals surface area contributed by atoms with Crippen molar-refractivity contribution in [2.24, 2.45) is 5.41 Å². The summed E-state index contributed by atoms with van der Waals surface area (Å²) in [6.45, 7) is 8.24. The molecule has 5 nitrogen and oxygen atoms in total. The van der Waals surface area contributed by atoms with Crippen LogP contribution in [0.2, 0.25) is 0 Å². The fourth-order valence-electron chi connectivity index (χ4n) is 3.73. The maximum Gasteiger partial charge on any atom is 0.223 e. The molecular formula is C15H24N4OS. The molecule has 0 aromatic carbocycles. The third kappa shape index (κ3) is 3.44. The Morgan fingerprint density at radius 3 is 3.05 bits per heavy atom. The second-order valence-electron chi connectivity index (χ2n) is 6.53. The lowest BCUT2D eigenvalue weighted by Crippen LogP contribution is -2.38. The Morgan fingerprint density at radius 2 is 2.33 bits per heavy atom. The van der Waals surface area contributed by atoms with Crippen LogP contribution in [0.4, 0.5) is 5.13 Å². The molecule has 1 atom stereocenters. The van der Waals surface area contributed by atoms with Gasteiger partial charge in [-0.3, -0.25) is 9.69 Å². The SMILES string of the molecule is CC(=O)Nc1nc(CN2CC3(CCNCC3)CC2C)cs1. The van der Waals surface area contributed by atoms with Crippen LogP contribution in [-0.4, -0.2) is 41.5 Å². The highest BCUT2D eigenvalue weighted by molar-refractivity contribution is 7.13. The number of rotatable bonds is 3. The van der Waals surface area contributed by atoms with Crippen molar-refractivity contribution in [3.05, 3.63) is 11.1 Å². The Hall–Kier alpha value is -0.980. The molecule has 0 radical (unpaired) electrons. The average molecular weight is 308 g/mol. The van der Waals surface area contributed by atoms with E-state index in [1.54, 1.807) is 0 Å². The van der Waals surface area contributed by atoms with Gasteiger partial charge in [-0.1, -0.05) is 0 Å². The first-order chi connectivity index (χ1) is 10.1. The number of likely N-dealkylation sites (tertiary alicyclic amines) is 1. The van der Waals surface area contributed by atoms with Crippen LogP contribution in [0.5, 0.6) is 0 Å². The molecule has 3 heterocycles. The second kappa shape index (κ2) is 6.02. The van der Waals surface area contributed by atoms with Gasteiger partial charge in [-0.25, -0.2) is 4.98 Å². The maximum absolute atomic E-state index is 11.1. The van der Waals surface area contributed by atoms with Gasteiger partial charge in [0.05, 0.1) is 5.69 Å². The van der Waals surface area contributed by atoms with E-state index in [4.69, 9.17) is 0 Å². The molecule has 1 spiro atoms. The summed E-state index contributed by atoms with van der Waals surface area (Å²) in [5.41, 5.74) is 1.59. The molecule has 0 aliphatic carbocycles. The minimum absolute atomic E-state index is 0.0564. The van der Waals surface area contributed by atoms with E-state index in [0.717, 1.165) is 25.3 Å². The molecule has 2 saturated heterocycles. The first kappa shape index (κ1) is 14.9. The molecule has 6 heteroatoms. The fourth-order valence-corrected chi connectivity index (χ4v) is 4.48. The Bertz CT molecular complexity index is 510. The number of nitrogens with one attached hydrogen (secondary N) is 2. The number of nitrogens with zero attached hydrogens (tertiary/aromatic N) is 2. The second-order valence-corrected chi connectivity index (χ2v) is 7.39. The van der Waals surface area contributed by atoms with Crippen molar-refractivity contribution in [3.63, 3.8) is 0 Å². The van der Waals surface area contributed by atoms with Crippen molar-refractivity contribution >= 4 is 22.4 Å². The van der Waals surface area contributed by atoms with Gasteiger partial charge in [0.1, 0.15) is 0 Å². The maximum atomic E-state index is 11.1. The van der Waals surface area contributed by atoms with E-state index in [1.807, 2.05) is 0 Å². The van der Waals surface area contributed by atoms with Crippen LogP contribution in [0, 0.1) is 5.41 Å². The van der Waals surface area contributed by atoms with Crippen molar-refractivity contribution in [3.8, 4) is 0 Å². The molecule has 0 bridgehead atoms. The minimum atomic E-state index is -0.0564. The van der Waals surface area contributed by atoms with Crippen LogP contribution in [0.15, 0.2) is 5.38 Å². The van der Waals surface area contributed by atoms with Crippen molar-refractivity contribution in [1.82, 2.24) is 15.2 Å². The molecule has 21 heavy (non-hydrogen) atoms. The molecule has 1 aromatic rings. The number of hydrogen-bond acceptors (Lipinski definition) is 5. The smallest absolute Gasteiger partial charge is 0.223 e. The number of hydrogen-bond donors (Lipinski definition) is 2. The minimum Gasteiger partial charge on any atom is -0.317 e. The number of thiazole rings is 1. The standard InChI is InChI=1S/C15H24N4OS/c1-11-7-15(3-5-16-6-4-15)10-19(11)8-13-9-21-14(18-13)17-12(2)20/h9,11,16H,3-8,10H2,1-2H3,(H,17,18,20). The van der Waals surface area contributed by atoms with Crippen LogP contribution in [0.25, 0.3) is 0 Å². The van der Waals surface area contributed by atoms with E-state index in [9.17, 15) is 4.79 Å². The zero-order chi connectivity index (χ0) is 14.9. The predicted molar refractivity (Wildman–Crippen MR) is 85.4 cm³/mol. The molecule has 1 unspecified atom stereocenters. The van der Waals surface area contributed by atoms with Crippen molar-refractivity contribution < 1.29 is 4.79 Å². The number of anilines is 1. The van der Waals surface area contributed by atoms with E-state index in [1.165, 1.54) is 44.1 Å². The van der Waals surface area contributed by atoms with Gasteiger partial charge in [0, 0.05) is 31.4 Å². The van der Waals surface area contributed by atoms with Gasteiger partial charge in [-0.15, -0.1) is 11.3 Å². The van der Waals surface area contributed by atoms with Crippen LogP contribution in [0.1, 0.15) is 38.8 Å². The van der Waals surface area contributed by atoms with Gasteiger partial charge in [0.2, 0.25) is 5.91 Å². The number of carbonyl (C=O) groups is 1. The van der Waals surface area contributed by atoms with Crippen molar-refractivity contribution in [2.45, 2.75) is 45.7 Å². The lowest BCUT2D eigenvalue weighted by atomic mass is 9.77. The average Bonchev–Trinajstić information content (AvgIpc) is 2.96. The first-order valence-corrected chi connectivity index (χ1v) is 8.61. The topological polar surface area (TPSA) is 57.3 Å². The summed E-state index contributed by atoms with van der Waals surface area (Å²) in [4.78, 5) is 18.1. The molecule has 2 aliphatic heterocycles. The number of piperidine rings is 1. The van der Waals surface area contributed by atoms with Crippen LogP contribution in [0.3, 0.4) is 0 Å². The van der Waals surface area contributed by atoms with Gasteiger partial charge in [0.25, 0.3) is 0 Å². The Balaban J connectivity index is 1.62. The summed E-state index contributed by atoms with van der Waals surface area (Å²) in [7, 11) is 0. The first-order valence-electron chi connectivity index (χ1n) is 7.73. The molecule has 3 rings (SSSR count). The van der Waals surface area contributed by atoms with Gasteiger partial charge in [0.15, 0.2) is 5.13 Å². The highest BCUT2D eigenvalue weighted by atomic mass is 32.1. The van der Waals surface area contributed by atoms with Crippen molar-refractivity contribution in [1.29, 1.82) is 0 Å². The Labute approximate surface area is 130 Å². The number of amides is 1. The van der Waals surface area contributed by atoms with E-state index in [2.05, 4.69) is 32.8 Å². The molecule has 0 saturated carbocycles. The van der Waals surface area contributed by atoms with Gasteiger partial charge in [-0.05, 0) is 44.7 Å². The molecule has 2 fully saturated rings. The third-order valence-electron chi connectivity index (χ3n) is 4.75.